The Hall–Kier alpha value is -0.440. The van der Waals surface area contributed by atoms with Crippen LogP contribution in [0.15, 0.2) is 40.6 Å². The predicted octanol–water partition coefficient (Wildman–Crippen LogP) is 3.17. The zero-order valence-corrected chi connectivity index (χ0v) is 9.31. The molecule has 2 rings (SSSR count). The molecule has 3 heteroatoms. The van der Waals surface area contributed by atoms with E-state index in [1.54, 1.807) is 11.8 Å². The summed E-state index contributed by atoms with van der Waals surface area (Å²) >= 11 is 7.53. The van der Waals surface area contributed by atoms with Crippen molar-refractivity contribution in [3.63, 3.8) is 0 Å². The highest BCUT2D eigenvalue weighted by Crippen LogP contribution is 2.22. The van der Waals surface area contributed by atoms with E-state index in [2.05, 4.69) is 16.8 Å². The molecular formula is C11H12ClNS. The highest BCUT2D eigenvalue weighted by molar-refractivity contribution is 8.02. The molecule has 0 aromatic heterocycles. The summed E-state index contributed by atoms with van der Waals surface area (Å²) in [7, 11) is 0. The molecule has 1 saturated heterocycles. The molecule has 14 heavy (non-hydrogen) atoms. The molecule has 1 heterocycles. The maximum absolute atomic E-state index is 5.79. The van der Waals surface area contributed by atoms with Crippen molar-refractivity contribution in [2.24, 2.45) is 5.92 Å². The lowest BCUT2D eigenvalue weighted by Gasteiger charge is -2.23. The van der Waals surface area contributed by atoms with Gasteiger partial charge < -0.3 is 5.32 Å². The molecule has 1 nitrogen and oxygen atoms in total. The SMILES string of the molecule is Clc1ccc(S/C=C/C2CNC2)cc1. The van der Waals surface area contributed by atoms with Crippen molar-refractivity contribution in [2.45, 2.75) is 4.90 Å². The van der Waals surface area contributed by atoms with Crippen molar-refractivity contribution in [1.82, 2.24) is 5.32 Å². The Kier molecular flexibility index (Phi) is 3.51. The zero-order chi connectivity index (χ0) is 9.80. The first kappa shape index (κ1) is 10.1. The van der Waals surface area contributed by atoms with E-state index in [0.717, 1.165) is 24.0 Å². The van der Waals surface area contributed by atoms with Gasteiger partial charge in [0.15, 0.2) is 0 Å². The maximum Gasteiger partial charge on any atom is 0.0406 e. The number of benzene rings is 1. The summed E-state index contributed by atoms with van der Waals surface area (Å²) in [6, 6.07) is 7.91. The smallest absolute Gasteiger partial charge is 0.0406 e. The van der Waals surface area contributed by atoms with Crippen LogP contribution in [0.3, 0.4) is 0 Å². The van der Waals surface area contributed by atoms with Gasteiger partial charge in [0.2, 0.25) is 0 Å². The van der Waals surface area contributed by atoms with E-state index in [0.29, 0.717) is 0 Å². The van der Waals surface area contributed by atoms with Crippen LogP contribution < -0.4 is 5.32 Å². The third-order valence-corrected chi connectivity index (χ3v) is 3.27. The third kappa shape index (κ3) is 2.77. The molecule has 1 N–H and O–H groups in total. The first-order valence-corrected chi connectivity index (χ1v) is 5.90. The van der Waals surface area contributed by atoms with Gasteiger partial charge in [0.25, 0.3) is 0 Å². The molecule has 1 aliphatic rings. The summed E-state index contributed by atoms with van der Waals surface area (Å²) in [5.41, 5.74) is 0. The van der Waals surface area contributed by atoms with Crippen LogP contribution in [0.1, 0.15) is 0 Å². The predicted molar refractivity (Wildman–Crippen MR) is 62.8 cm³/mol. The van der Waals surface area contributed by atoms with Crippen molar-refractivity contribution in [2.75, 3.05) is 13.1 Å². The Labute approximate surface area is 93.5 Å². The Balaban J connectivity index is 1.84. The number of rotatable bonds is 3. The Bertz CT molecular complexity index is 317. The second-order valence-electron chi connectivity index (χ2n) is 3.32. The van der Waals surface area contributed by atoms with Gasteiger partial charge in [-0.3, -0.25) is 0 Å². The van der Waals surface area contributed by atoms with Gasteiger partial charge in [0, 0.05) is 28.9 Å². The van der Waals surface area contributed by atoms with Crippen LogP contribution in [0, 0.1) is 5.92 Å². The van der Waals surface area contributed by atoms with Crippen LogP contribution in [0.25, 0.3) is 0 Å². The van der Waals surface area contributed by atoms with Crippen LogP contribution in [0.4, 0.5) is 0 Å². The first-order chi connectivity index (χ1) is 6.84. The Morgan fingerprint density at radius 3 is 2.57 bits per heavy atom. The molecule has 0 amide bonds. The van der Waals surface area contributed by atoms with E-state index >= 15 is 0 Å². The topological polar surface area (TPSA) is 12.0 Å². The summed E-state index contributed by atoms with van der Waals surface area (Å²) in [5.74, 6) is 0.731. The highest BCUT2D eigenvalue weighted by Gasteiger charge is 2.11. The molecule has 1 aromatic carbocycles. The summed E-state index contributed by atoms with van der Waals surface area (Å²) in [6.45, 7) is 2.25. The van der Waals surface area contributed by atoms with E-state index in [9.17, 15) is 0 Å². The standard InChI is InChI=1S/C11H12ClNS/c12-10-1-3-11(4-2-10)14-6-5-9-7-13-8-9/h1-6,9,13H,7-8H2/b6-5+. The van der Waals surface area contributed by atoms with Crippen LogP contribution in [-0.2, 0) is 0 Å². The molecule has 1 aromatic rings. The molecule has 0 bridgehead atoms. The number of hydrogen-bond donors (Lipinski definition) is 1. The monoisotopic (exact) mass is 225 g/mol. The van der Waals surface area contributed by atoms with Crippen molar-refractivity contribution in [3.05, 3.63) is 40.8 Å². The summed E-state index contributed by atoms with van der Waals surface area (Å²) in [6.07, 6.45) is 2.26. The van der Waals surface area contributed by atoms with Gasteiger partial charge in [-0.15, -0.1) is 0 Å². The van der Waals surface area contributed by atoms with E-state index in [1.807, 2.05) is 24.3 Å². The molecule has 0 spiro atoms. The number of nitrogens with one attached hydrogen (secondary N) is 1. The highest BCUT2D eigenvalue weighted by atomic mass is 35.5. The van der Waals surface area contributed by atoms with Gasteiger partial charge in [-0.2, -0.15) is 0 Å². The Morgan fingerprint density at radius 2 is 2.00 bits per heavy atom. The van der Waals surface area contributed by atoms with Gasteiger partial charge in [0.1, 0.15) is 0 Å². The largest absolute Gasteiger partial charge is 0.315 e. The molecule has 0 unspecified atom stereocenters. The zero-order valence-electron chi connectivity index (χ0n) is 7.74. The molecule has 1 fully saturated rings. The summed E-state index contributed by atoms with van der Waals surface area (Å²) < 4.78 is 0. The second kappa shape index (κ2) is 4.87. The van der Waals surface area contributed by atoms with Crippen LogP contribution in [0.2, 0.25) is 5.02 Å². The molecule has 0 saturated carbocycles. The van der Waals surface area contributed by atoms with Gasteiger partial charge in [-0.25, -0.2) is 0 Å². The minimum Gasteiger partial charge on any atom is -0.315 e. The average Bonchev–Trinajstić information content (AvgIpc) is 2.12. The molecule has 0 atom stereocenters. The lowest BCUT2D eigenvalue weighted by molar-refractivity contribution is 0.419. The lowest BCUT2D eigenvalue weighted by atomic mass is 10.1. The van der Waals surface area contributed by atoms with E-state index in [1.165, 1.54) is 4.90 Å². The quantitative estimate of drug-likeness (QED) is 0.794. The van der Waals surface area contributed by atoms with Crippen LogP contribution >= 0.6 is 23.4 Å². The fourth-order valence-electron chi connectivity index (χ4n) is 1.19. The molecular weight excluding hydrogens is 214 g/mol. The van der Waals surface area contributed by atoms with Gasteiger partial charge in [0.05, 0.1) is 0 Å². The fraction of sp³-hybridized carbons (Fsp3) is 0.273. The molecule has 0 aliphatic carbocycles. The van der Waals surface area contributed by atoms with Gasteiger partial charge >= 0.3 is 0 Å². The van der Waals surface area contributed by atoms with Crippen LogP contribution in [0.5, 0.6) is 0 Å². The number of halogens is 1. The van der Waals surface area contributed by atoms with E-state index in [-0.39, 0.29) is 0 Å². The van der Waals surface area contributed by atoms with Gasteiger partial charge in [-0.1, -0.05) is 29.4 Å². The summed E-state index contributed by atoms with van der Waals surface area (Å²) in [5, 5.41) is 6.19. The molecule has 74 valence electrons. The van der Waals surface area contributed by atoms with Gasteiger partial charge in [-0.05, 0) is 29.7 Å². The maximum atomic E-state index is 5.79. The molecule has 0 radical (unpaired) electrons. The summed E-state index contributed by atoms with van der Waals surface area (Å²) in [4.78, 5) is 1.23. The van der Waals surface area contributed by atoms with E-state index < -0.39 is 0 Å². The third-order valence-electron chi connectivity index (χ3n) is 2.18. The van der Waals surface area contributed by atoms with Crippen LogP contribution in [-0.4, -0.2) is 13.1 Å². The number of hydrogen-bond acceptors (Lipinski definition) is 2. The van der Waals surface area contributed by atoms with Crippen molar-refractivity contribution >= 4 is 23.4 Å². The van der Waals surface area contributed by atoms with Crippen molar-refractivity contribution in [1.29, 1.82) is 0 Å². The van der Waals surface area contributed by atoms with E-state index in [4.69, 9.17) is 11.6 Å². The molecule has 1 aliphatic heterocycles. The average molecular weight is 226 g/mol. The normalized spacial score (nSPS) is 17.2. The lowest BCUT2D eigenvalue weighted by Crippen LogP contribution is -2.40. The first-order valence-electron chi connectivity index (χ1n) is 4.64. The second-order valence-corrected chi connectivity index (χ2v) is 4.73. The minimum atomic E-state index is 0.731. The Morgan fingerprint density at radius 1 is 1.29 bits per heavy atom. The van der Waals surface area contributed by atoms with Crippen molar-refractivity contribution in [3.8, 4) is 0 Å². The minimum absolute atomic E-state index is 0.731. The number of thioether (sulfide) groups is 1. The fourth-order valence-corrected chi connectivity index (χ4v) is 2.07. The van der Waals surface area contributed by atoms with Crippen molar-refractivity contribution < 1.29 is 0 Å².